The monoisotopic (exact) mass is 692 g/mol. The van der Waals surface area contributed by atoms with Crippen molar-refractivity contribution in [2.24, 2.45) is 0 Å². The highest BCUT2D eigenvalue weighted by Gasteiger charge is 2.84. The Labute approximate surface area is 202 Å². The molecule has 2 rings (SSSR count). The molecule has 2 aromatic rings. The van der Waals surface area contributed by atoms with Gasteiger partial charge in [0, 0.05) is 18.5 Å². The van der Waals surface area contributed by atoms with Gasteiger partial charge < -0.3 is 10.6 Å². The first-order valence-electron chi connectivity index (χ1n) is 8.19. The van der Waals surface area contributed by atoms with Gasteiger partial charge in [-0.25, -0.2) is 0 Å². The fourth-order valence-corrected chi connectivity index (χ4v) is 2.88. The van der Waals surface area contributed by atoms with Crippen LogP contribution in [-0.2, 0) is 9.59 Å². The summed E-state index contributed by atoms with van der Waals surface area (Å²) in [6.45, 7) is 0. The summed E-state index contributed by atoms with van der Waals surface area (Å²) in [5, 5.41) is 2.52. The summed E-state index contributed by atoms with van der Waals surface area (Å²) in [4.78, 5) is 23.2. The summed E-state index contributed by atoms with van der Waals surface area (Å²) < 4.78 is 113. The van der Waals surface area contributed by atoms with Crippen LogP contribution in [0, 0.1) is 7.14 Å². The predicted octanol–water partition coefficient (Wildman–Crippen LogP) is 6.01. The molecule has 0 unspecified atom stereocenters. The highest BCUT2D eigenvalue weighted by atomic mass is 127. The maximum atomic E-state index is 14.0. The smallest absolute Gasteiger partial charge is 0.321 e. The van der Waals surface area contributed by atoms with E-state index in [4.69, 9.17) is 0 Å². The Morgan fingerprint density at radius 3 is 1.06 bits per heavy atom. The minimum absolute atomic E-state index is 0.475. The first-order valence-corrected chi connectivity index (χ1v) is 10.3. The molecular formula is C18H10F8I2N2O2. The molecule has 0 aliphatic carbocycles. The first kappa shape index (κ1) is 26.5. The first-order chi connectivity index (χ1) is 14.5. The number of anilines is 2. The second-order valence-electron chi connectivity index (χ2n) is 6.22. The molecule has 2 aromatic carbocycles. The van der Waals surface area contributed by atoms with E-state index in [0.29, 0.717) is 7.14 Å². The van der Waals surface area contributed by atoms with Gasteiger partial charge in [-0.05, 0) is 93.7 Å². The molecule has 0 aliphatic heterocycles. The standard InChI is InChI=1S/C18H10F8I2N2O2/c19-15(20,13(31)29-11-5-1-9(27)2-6-11)17(23,24)18(25,26)16(21,22)14(32)30-12-7-3-10(28)4-8-12/h1-8H,(H,29,31)(H,30,32). The summed E-state index contributed by atoms with van der Waals surface area (Å²) in [6, 6.07) is 9.05. The van der Waals surface area contributed by atoms with Gasteiger partial charge >= 0.3 is 35.5 Å². The Hall–Kier alpha value is -1.72. The normalized spacial score (nSPS) is 12.9. The van der Waals surface area contributed by atoms with E-state index in [9.17, 15) is 44.7 Å². The lowest BCUT2D eigenvalue weighted by atomic mass is 9.97. The fraction of sp³-hybridized carbons (Fsp3) is 0.222. The zero-order valence-corrected chi connectivity index (χ0v) is 19.5. The molecule has 4 nitrogen and oxygen atoms in total. The lowest BCUT2D eigenvalue weighted by Gasteiger charge is -2.35. The van der Waals surface area contributed by atoms with Gasteiger partial charge in [-0.15, -0.1) is 0 Å². The zero-order valence-electron chi connectivity index (χ0n) is 15.2. The largest absolute Gasteiger partial charge is 0.393 e. The lowest BCUT2D eigenvalue weighted by molar-refractivity contribution is -0.345. The molecule has 0 fully saturated rings. The van der Waals surface area contributed by atoms with Crippen molar-refractivity contribution in [1.82, 2.24) is 0 Å². The van der Waals surface area contributed by atoms with Crippen LogP contribution in [0.15, 0.2) is 48.5 Å². The van der Waals surface area contributed by atoms with Crippen LogP contribution in [0.5, 0.6) is 0 Å². The number of carbonyl (C=O) groups excluding carboxylic acids is 2. The summed E-state index contributed by atoms with van der Waals surface area (Å²) >= 11 is 3.58. The van der Waals surface area contributed by atoms with Gasteiger partial charge in [0.1, 0.15) is 0 Å². The number of amides is 2. The average molecular weight is 692 g/mol. The van der Waals surface area contributed by atoms with E-state index in [1.54, 1.807) is 45.2 Å². The maximum Gasteiger partial charge on any atom is 0.393 e. The molecule has 2 amide bonds. The molecule has 0 bridgehead atoms. The number of hydrogen-bond acceptors (Lipinski definition) is 2. The van der Waals surface area contributed by atoms with Crippen LogP contribution in [-0.4, -0.2) is 35.5 Å². The molecule has 32 heavy (non-hydrogen) atoms. The molecule has 14 heteroatoms. The van der Waals surface area contributed by atoms with Crippen molar-refractivity contribution in [2.45, 2.75) is 23.7 Å². The number of benzene rings is 2. The number of rotatable bonds is 7. The van der Waals surface area contributed by atoms with Gasteiger partial charge in [-0.2, -0.15) is 35.1 Å². The van der Waals surface area contributed by atoms with Crippen LogP contribution in [0.1, 0.15) is 0 Å². The quantitative estimate of drug-likeness (QED) is 0.276. The number of nitrogens with one attached hydrogen (secondary N) is 2. The number of hydrogen-bond donors (Lipinski definition) is 2. The van der Waals surface area contributed by atoms with Gasteiger partial charge in [0.05, 0.1) is 0 Å². The van der Waals surface area contributed by atoms with Crippen LogP contribution in [0.25, 0.3) is 0 Å². The Kier molecular flexibility index (Phi) is 7.68. The van der Waals surface area contributed by atoms with Crippen molar-refractivity contribution in [3.8, 4) is 0 Å². The van der Waals surface area contributed by atoms with E-state index in [1.165, 1.54) is 34.9 Å². The minimum atomic E-state index is -6.94. The maximum absolute atomic E-state index is 14.0. The van der Waals surface area contributed by atoms with E-state index in [2.05, 4.69) is 0 Å². The topological polar surface area (TPSA) is 58.2 Å². The molecule has 0 aliphatic rings. The average Bonchev–Trinajstić information content (AvgIpc) is 2.70. The highest BCUT2D eigenvalue weighted by molar-refractivity contribution is 14.1. The van der Waals surface area contributed by atoms with Gasteiger partial charge in [0.25, 0.3) is 0 Å². The lowest BCUT2D eigenvalue weighted by Crippen LogP contribution is -2.67. The Balaban J connectivity index is 2.30. The summed E-state index contributed by atoms with van der Waals surface area (Å²) in [5.74, 6) is -32.4. The molecular weight excluding hydrogens is 682 g/mol. The minimum Gasteiger partial charge on any atom is -0.321 e. The van der Waals surface area contributed by atoms with Crippen LogP contribution in [0.3, 0.4) is 0 Å². The number of carbonyl (C=O) groups is 2. The van der Waals surface area contributed by atoms with E-state index in [1.807, 2.05) is 0 Å². The van der Waals surface area contributed by atoms with E-state index >= 15 is 0 Å². The third kappa shape index (κ3) is 4.94. The summed E-state index contributed by atoms with van der Waals surface area (Å²) in [7, 11) is 0. The molecule has 174 valence electrons. The molecule has 0 saturated heterocycles. The molecule has 2 N–H and O–H groups in total. The third-order valence-electron chi connectivity index (χ3n) is 3.96. The Morgan fingerprint density at radius 1 is 0.562 bits per heavy atom. The molecule has 0 atom stereocenters. The second kappa shape index (κ2) is 9.26. The summed E-state index contributed by atoms with van der Waals surface area (Å²) in [5.41, 5.74) is -0.949. The Morgan fingerprint density at radius 2 is 0.812 bits per heavy atom. The second-order valence-corrected chi connectivity index (χ2v) is 8.71. The Bertz CT molecular complexity index is 918. The number of halogens is 10. The van der Waals surface area contributed by atoms with Crippen molar-refractivity contribution >= 4 is 68.4 Å². The highest BCUT2D eigenvalue weighted by Crippen LogP contribution is 2.53. The van der Waals surface area contributed by atoms with E-state index < -0.39 is 46.9 Å². The summed E-state index contributed by atoms with van der Waals surface area (Å²) in [6.07, 6.45) is 0. The van der Waals surface area contributed by atoms with E-state index in [-0.39, 0.29) is 0 Å². The van der Waals surface area contributed by atoms with Crippen LogP contribution < -0.4 is 10.6 Å². The van der Waals surface area contributed by atoms with Gasteiger partial charge in [-0.1, -0.05) is 0 Å². The van der Waals surface area contributed by atoms with Gasteiger partial charge in [-0.3, -0.25) is 9.59 Å². The molecule has 0 spiro atoms. The van der Waals surface area contributed by atoms with Crippen LogP contribution in [0.4, 0.5) is 46.5 Å². The predicted molar refractivity (Wildman–Crippen MR) is 115 cm³/mol. The zero-order chi connectivity index (χ0) is 24.5. The molecule has 0 aromatic heterocycles. The molecule has 0 heterocycles. The van der Waals surface area contributed by atoms with Crippen molar-refractivity contribution < 1.29 is 44.7 Å². The van der Waals surface area contributed by atoms with Crippen molar-refractivity contribution in [3.05, 3.63) is 55.7 Å². The van der Waals surface area contributed by atoms with Crippen molar-refractivity contribution in [1.29, 1.82) is 0 Å². The van der Waals surface area contributed by atoms with Gasteiger partial charge in [0.2, 0.25) is 0 Å². The number of alkyl halides is 8. The SMILES string of the molecule is O=C(Nc1ccc(I)cc1)C(F)(F)C(F)(F)C(F)(F)C(F)(F)C(=O)Nc1ccc(I)cc1. The van der Waals surface area contributed by atoms with Crippen molar-refractivity contribution in [3.63, 3.8) is 0 Å². The van der Waals surface area contributed by atoms with E-state index in [0.717, 1.165) is 24.3 Å². The third-order valence-corrected chi connectivity index (χ3v) is 5.40. The van der Waals surface area contributed by atoms with Crippen molar-refractivity contribution in [2.75, 3.05) is 10.6 Å². The molecule has 0 radical (unpaired) electrons. The fourth-order valence-electron chi connectivity index (χ4n) is 2.17. The van der Waals surface area contributed by atoms with Crippen LogP contribution >= 0.6 is 45.2 Å². The molecule has 0 saturated carbocycles. The van der Waals surface area contributed by atoms with Crippen LogP contribution in [0.2, 0.25) is 0 Å². The van der Waals surface area contributed by atoms with Gasteiger partial charge in [0.15, 0.2) is 0 Å².